The van der Waals surface area contributed by atoms with Crippen LogP contribution in [0.1, 0.15) is 21.6 Å². The molecule has 1 aliphatic rings. The van der Waals surface area contributed by atoms with E-state index in [2.05, 4.69) is 4.98 Å². The number of benzene rings is 2. The van der Waals surface area contributed by atoms with E-state index < -0.39 is 78.6 Å². The van der Waals surface area contributed by atoms with Crippen LogP contribution in [0.5, 0.6) is 5.75 Å². The standard InChI is InChI=1S/C20H10ClF5N2O5S/c21-12-1-8-2-16(18(12)29)34(31,32)28-15-4-10(13(22)5-14(15)23)11-6-27-17(20(24,25)26)3-9(11)7-33-19(8)30/h1-6,28-29H,7H2. The lowest BCUT2D eigenvalue weighted by Crippen LogP contribution is -2.15. The lowest BCUT2D eigenvalue weighted by Gasteiger charge is -2.15. The van der Waals surface area contributed by atoms with Gasteiger partial charge in [-0.05, 0) is 24.3 Å². The molecular weight excluding hydrogens is 511 g/mol. The molecule has 3 aromatic rings. The maximum absolute atomic E-state index is 14.6. The number of hydrogen-bond donors (Lipinski definition) is 2. The van der Waals surface area contributed by atoms with E-state index in [1.165, 1.54) is 0 Å². The van der Waals surface area contributed by atoms with Gasteiger partial charge in [-0.15, -0.1) is 0 Å². The first-order valence-electron chi connectivity index (χ1n) is 9.06. The number of esters is 1. The van der Waals surface area contributed by atoms with Gasteiger partial charge >= 0.3 is 12.1 Å². The molecular formula is C20H10ClF5N2O5S. The Hall–Kier alpha value is -3.45. The van der Waals surface area contributed by atoms with Crippen molar-refractivity contribution in [2.45, 2.75) is 17.7 Å². The van der Waals surface area contributed by atoms with Gasteiger partial charge in [-0.3, -0.25) is 9.71 Å². The Labute approximate surface area is 192 Å². The maximum Gasteiger partial charge on any atom is 0.433 e. The topological polar surface area (TPSA) is 106 Å². The monoisotopic (exact) mass is 520 g/mol. The SMILES string of the molecule is O=C1OCc2cc(C(F)(F)F)ncc2-c2cc(c(F)cc2F)NS(=O)(=O)c2cc1cc(Cl)c2O. The van der Waals surface area contributed by atoms with Crippen LogP contribution >= 0.6 is 11.6 Å². The molecule has 2 heterocycles. The fraction of sp³-hybridized carbons (Fsp3) is 0.100. The third-order valence-corrected chi connectivity index (χ3v) is 6.45. The third-order valence-electron chi connectivity index (χ3n) is 4.78. The average Bonchev–Trinajstić information content (AvgIpc) is 2.74. The normalized spacial score (nSPS) is 15.2. The number of phenolic OH excluding ortho intramolecular Hbond substituents is 1. The molecule has 14 heteroatoms. The molecule has 0 aliphatic carbocycles. The second-order valence-electron chi connectivity index (χ2n) is 7.02. The van der Waals surface area contributed by atoms with Gasteiger partial charge < -0.3 is 9.84 Å². The molecule has 0 unspecified atom stereocenters. The zero-order chi connectivity index (χ0) is 25.0. The Morgan fingerprint density at radius 2 is 1.76 bits per heavy atom. The highest BCUT2D eigenvalue weighted by atomic mass is 35.5. The molecule has 0 fully saturated rings. The highest BCUT2D eigenvalue weighted by molar-refractivity contribution is 7.92. The average molecular weight is 521 g/mol. The molecule has 4 bridgehead atoms. The van der Waals surface area contributed by atoms with Crippen molar-refractivity contribution in [2.75, 3.05) is 4.72 Å². The van der Waals surface area contributed by atoms with Gasteiger partial charge in [0.1, 0.15) is 28.8 Å². The van der Waals surface area contributed by atoms with E-state index in [1.54, 1.807) is 0 Å². The minimum atomic E-state index is -4.89. The summed E-state index contributed by atoms with van der Waals surface area (Å²) in [4.78, 5) is 14.8. The number of carbonyl (C=O) groups excluding carboxylic acids is 1. The zero-order valence-electron chi connectivity index (χ0n) is 16.4. The molecule has 0 saturated heterocycles. The molecule has 2 aromatic carbocycles. The van der Waals surface area contributed by atoms with Gasteiger partial charge in [0.2, 0.25) is 0 Å². The molecule has 0 amide bonds. The first-order chi connectivity index (χ1) is 15.8. The minimum absolute atomic E-state index is 0.309. The van der Waals surface area contributed by atoms with Gasteiger partial charge in [-0.2, -0.15) is 13.2 Å². The summed E-state index contributed by atoms with van der Waals surface area (Å²) in [5, 5.41) is 9.53. The maximum atomic E-state index is 14.6. The van der Waals surface area contributed by atoms with Crippen molar-refractivity contribution in [3.8, 4) is 16.9 Å². The van der Waals surface area contributed by atoms with E-state index in [0.717, 1.165) is 6.07 Å². The molecule has 2 N–H and O–H groups in total. The summed E-state index contributed by atoms with van der Waals surface area (Å²) in [6.45, 7) is -0.820. The number of ether oxygens (including phenoxy) is 1. The number of alkyl halides is 3. The molecule has 1 aliphatic heterocycles. The highest BCUT2D eigenvalue weighted by Crippen LogP contribution is 2.38. The lowest BCUT2D eigenvalue weighted by molar-refractivity contribution is -0.141. The highest BCUT2D eigenvalue weighted by Gasteiger charge is 2.34. The van der Waals surface area contributed by atoms with Crippen LogP contribution in [0.3, 0.4) is 0 Å². The predicted molar refractivity (Wildman–Crippen MR) is 108 cm³/mol. The Bertz CT molecular complexity index is 1460. The van der Waals surface area contributed by atoms with Crippen LogP contribution in [0.4, 0.5) is 27.6 Å². The molecule has 0 saturated carbocycles. The number of rotatable bonds is 0. The van der Waals surface area contributed by atoms with E-state index in [-0.39, 0.29) is 11.1 Å². The number of aromatic nitrogens is 1. The van der Waals surface area contributed by atoms with Crippen molar-refractivity contribution in [1.82, 2.24) is 4.98 Å². The number of phenols is 1. The second-order valence-corrected chi connectivity index (χ2v) is 9.08. The Morgan fingerprint density at radius 3 is 2.44 bits per heavy atom. The van der Waals surface area contributed by atoms with Gasteiger partial charge in [0.05, 0.1) is 16.3 Å². The summed E-state index contributed by atoms with van der Waals surface area (Å²) in [5.41, 5.74) is -3.84. The van der Waals surface area contributed by atoms with Crippen molar-refractivity contribution < 1.29 is 45.0 Å². The van der Waals surface area contributed by atoms with Crippen LogP contribution in [-0.4, -0.2) is 24.5 Å². The van der Waals surface area contributed by atoms with Gasteiger partial charge in [0.15, 0.2) is 5.75 Å². The number of pyridine rings is 1. The summed E-state index contributed by atoms with van der Waals surface area (Å²) in [7, 11) is -4.79. The molecule has 178 valence electrons. The van der Waals surface area contributed by atoms with Gasteiger partial charge in [0.25, 0.3) is 10.0 Å². The third kappa shape index (κ3) is 4.23. The van der Waals surface area contributed by atoms with Gasteiger partial charge in [-0.1, -0.05) is 11.6 Å². The van der Waals surface area contributed by atoms with Gasteiger partial charge in [0, 0.05) is 29.0 Å². The number of cyclic esters (lactones) is 1. The summed E-state index contributed by atoms with van der Waals surface area (Å²) >= 11 is 5.81. The predicted octanol–water partition coefficient (Wildman–Crippen LogP) is 4.88. The largest absolute Gasteiger partial charge is 0.505 e. The van der Waals surface area contributed by atoms with E-state index in [0.29, 0.717) is 30.5 Å². The van der Waals surface area contributed by atoms with Crippen LogP contribution < -0.4 is 4.72 Å². The second kappa shape index (κ2) is 8.09. The summed E-state index contributed by atoms with van der Waals surface area (Å²) < 4.78 is 101. The molecule has 0 radical (unpaired) electrons. The van der Waals surface area contributed by atoms with Crippen molar-refractivity contribution in [3.63, 3.8) is 0 Å². The number of aromatic hydroxyl groups is 1. The zero-order valence-corrected chi connectivity index (χ0v) is 17.9. The minimum Gasteiger partial charge on any atom is -0.505 e. The molecule has 34 heavy (non-hydrogen) atoms. The number of carbonyl (C=O) groups is 1. The van der Waals surface area contributed by atoms with E-state index in [9.17, 15) is 40.3 Å². The van der Waals surface area contributed by atoms with Crippen LogP contribution in [-0.2, 0) is 27.5 Å². The quantitative estimate of drug-likeness (QED) is 0.323. The molecule has 4 rings (SSSR count). The van der Waals surface area contributed by atoms with Crippen molar-refractivity contribution in [2.24, 2.45) is 0 Å². The van der Waals surface area contributed by atoms with E-state index >= 15 is 0 Å². The van der Waals surface area contributed by atoms with Crippen LogP contribution in [0.2, 0.25) is 5.02 Å². The number of anilines is 1. The first kappa shape index (κ1) is 23.7. The molecule has 0 spiro atoms. The van der Waals surface area contributed by atoms with E-state index in [1.807, 2.05) is 4.72 Å². The van der Waals surface area contributed by atoms with Crippen LogP contribution in [0, 0.1) is 11.6 Å². The number of halogens is 6. The number of sulfonamides is 1. The lowest BCUT2D eigenvalue weighted by atomic mass is 10.00. The summed E-state index contributed by atoms with van der Waals surface area (Å²) in [6.07, 6.45) is -4.25. The number of nitrogens with zero attached hydrogens (tertiary/aromatic N) is 1. The Kier molecular flexibility index (Phi) is 5.64. The Balaban J connectivity index is 2.01. The fourth-order valence-corrected chi connectivity index (χ4v) is 4.65. The molecule has 1 aromatic heterocycles. The Morgan fingerprint density at radius 1 is 1.06 bits per heavy atom. The smallest absolute Gasteiger partial charge is 0.433 e. The number of nitrogens with one attached hydrogen (secondary N) is 1. The summed E-state index contributed by atoms with van der Waals surface area (Å²) in [5.74, 6) is -4.80. The summed E-state index contributed by atoms with van der Waals surface area (Å²) in [6, 6.07) is 3.07. The molecule has 7 nitrogen and oxygen atoms in total. The van der Waals surface area contributed by atoms with E-state index in [4.69, 9.17) is 16.3 Å². The number of fused-ring (bicyclic) bond motifs is 6. The van der Waals surface area contributed by atoms with Crippen LogP contribution in [0.25, 0.3) is 11.1 Å². The molecule has 0 atom stereocenters. The van der Waals surface area contributed by atoms with Crippen molar-refractivity contribution in [3.05, 3.63) is 70.0 Å². The number of hydrogen-bond acceptors (Lipinski definition) is 6. The van der Waals surface area contributed by atoms with Crippen molar-refractivity contribution in [1.29, 1.82) is 0 Å². The first-order valence-corrected chi connectivity index (χ1v) is 10.9. The van der Waals surface area contributed by atoms with Crippen molar-refractivity contribution >= 4 is 33.3 Å². The fourth-order valence-electron chi connectivity index (χ4n) is 3.17. The van der Waals surface area contributed by atoms with Crippen LogP contribution in [0.15, 0.2) is 41.4 Å². The van der Waals surface area contributed by atoms with Gasteiger partial charge in [-0.25, -0.2) is 22.0 Å².